The first kappa shape index (κ1) is 17.6. The van der Waals surface area contributed by atoms with E-state index < -0.39 is 0 Å². The molecule has 0 aliphatic carbocycles. The van der Waals surface area contributed by atoms with E-state index in [0.717, 1.165) is 39.0 Å². The lowest BCUT2D eigenvalue weighted by molar-refractivity contribution is 0.194. The molecule has 1 aliphatic heterocycles. The summed E-state index contributed by atoms with van der Waals surface area (Å²) >= 11 is 9.54. The van der Waals surface area contributed by atoms with Gasteiger partial charge in [0.05, 0.1) is 16.8 Å². The van der Waals surface area contributed by atoms with Gasteiger partial charge in [0.25, 0.3) is 0 Å². The highest BCUT2D eigenvalue weighted by atomic mass is 35.5. The van der Waals surface area contributed by atoms with Gasteiger partial charge in [-0.3, -0.25) is 0 Å². The SMILES string of the molecule is Cc1c(Cl)ccc2sc(N3CCN(C(=O)NCc4cccs4)CC3)nc12. The number of thiophene rings is 1. The molecule has 1 saturated heterocycles. The first-order valence-electron chi connectivity index (χ1n) is 8.47. The monoisotopic (exact) mass is 406 g/mol. The van der Waals surface area contributed by atoms with Crippen molar-refractivity contribution >= 4 is 55.7 Å². The van der Waals surface area contributed by atoms with E-state index in [9.17, 15) is 4.79 Å². The minimum atomic E-state index is 0.00461. The number of fused-ring (bicyclic) bond motifs is 1. The van der Waals surface area contributed by atoms with E-state index in [2.05, 4.69) is 10.2 Å². The van der Waals surface area contributed by atoms with Crippen LogP contribution < -0.4 is 10.2 Å². The largest absolute Gasteiger partial charge is 0.345 e. The molecule has 0 atom stereocenters. The number of carbonyl (C=O) groups is 1. The predicted molar refractivity (Wildman–Crippen MR) is 110 cm³/mol. The molecule has 0 saturated carbocycles. The van der Waals surface area contributed by atoms with Gasteiger partial charge in [-0.1, -0.05) is 29.0 Å². The fourth-order valence-electron chi connectivity index (χ4n) is 3.01. The summed E-state index contributed by atoms with van der Waals surface area (Å²) in [4.78, 5) is 22.4. The number of piperazine rings is 1. The third kappa shape index (κ3) is 3.51. The van der Waals surface area contributed by atoms with Gasteiger partial charge in [0, 0.05) is 36.1 Å². The van der Waals surface area contributed by atoms with Crippen molar-refractivity contribution in [1.29, 1.82) is 0 Å². The fourth-order valence-corrected chi connectivity index (χ4v) is 4.89. The molecular weight excluding hydrogens is 388 g/mol. The molecule has 1 N–H and O–H groups in total. The van der Waals surface area contributed by atoms with Crippen LogP contribution in [0.25, 0.3) is 10.2 Å². The normalized spacial score (nSPS) is 14.8. The van der Waals surface area contributed by atoms with E-state index in [-0.39, 0.29) is 6.03 Å². The maximum atomic E-state index is 12.3. The maximum absolute atomic E-state index is 12.3. The van der Waals surface area contributed by atoms with Gasteiger partial charge in [-0.15, -0.1) is 11.3 Å². The molecule has 3 aromatic rings. The Morgan fingerprint density at radius 2 is 2.08 bits per heavy atom. The Morgan fingerprint density at radius 1 is 1.27 bits per heavy atom. The second-order valence-corrected chi connectivity index (χ2v) is 8.68. The molecule has 26 heavy (non-hydrogen) atoms. The topological polar surface area (TPSA) is 48.5 Å². The summed E-state index contributed by atoms with van der Waals surface area (Å²) in [5.74, 6) is 0. The quantitative estimate of drug-likeness (QED) is 0.703. The molecule has 136 valence electrons. The number of anilines is 1. The second-order valence-electron chi connectivity index (χ2n) is 6.23. The number of carbonyl (C=O) groups excluding carboxylic acids is 1. The van der Waals surface area contributed by atoms with E-state index in [1.54, 1.807) is 22.7 Å². The van der Waals surface area contributed by atoms with E-state index in [1.165, 1.54) is 4.88 Å². The zero-order valence-corrected chi connectivity index (χ0v) is 16.8. The molecule has 1 fully saturated rings. The molecule has 1 aromatic carbocycles. The number of urea groups is 1. The summed E-state index contributed by atoms with van der Waals surface area (Å²) in [7, 11) is 0. The standard InChI is InChI=1S/C18H19ClN4OS2/c1-12-14(19)4-5-15-16(12)21-18(26-15)23-8-6-22(7-9-23)17(24)20-11-13-3-2-10-25-13/h2-5,10H,6-9,11H2,1H3,(H,20,24). The summed E-state index contributed by atoms with van der Waals surface area (Å²) in [6.45, 7) is 5.58. The Balaban J connectivity index is 1.37. The van der Waals surface area contributed by atoms with Crippen molar-refractivity contribution in [2.75, 3.05) is 31.1 Å². The maximum Gasteiger partial charge on any atom is 0.317 e. The minimum absolute atomic E-state index is 0.00461. The first-order valence-corrected chi connectivity index (χ1v) is 10.5. The smallest absolute Gasteiger partial charge is 0.317 e. The lowest BCUT2D eigenvalue weighted by Gasteiger charge is -2.34. The van der Waals surface area contributed by atoms with E-state index in [1.807, 2.05) is 41.5 Å². The Hall–Kier alpha value is -1.83. The van der Waals surface area contributed by atoms with Gasteiger partial charge < -0.3 is 15.1 Å². The van der Waals surface area contributed by atoms with Crippen molar-refractivity contribution in [3.05, 3.63) is 45.1 Å². The van der Waals surface area contributed by atoms with E-state index in [4.69, 9.17) is 16.6 Å². The number of nitrogens with zero attached hydrogens (tertiary/aromatic N) is 3. The van der Waals surface area contributed by atoms with Gasteiger partial charge in [0.15, 0.2) is 5.13 Å². The molecule has 0 unspecified atom stereocenters. The van der Waals surface area contributed by atoms with Gasteiger partial charge in [0.2, 0.25) is 0 Å². The molecule has 8 heteroatoms. The van der Waals surface area contributed by atoms with Crippen molar-refractivity contribution < 1.29 is 4.79 Å². The van der Waals surface area contributed by atoms with Gasteiger partial charge in [-0.05, 0) is 36.1 Å². The van der Waals surface area contributed by atoms with Gasteiger partial charge in [-0.2, -0.15) is 0 Å². The van der Waals surface area contributed by atoms with Crippen molar-refractivity contribution in [2.45, 2.75) is 13.5 Å². The van der Waals surface area contributed by atoms with E-state index >= 15 is 0 Å². The van der Waals surface area contributed by atoms with Crippen LogP contribution in [0, 0.1) is 6.92 Å². The third-order valence-electron chi connectivity index (χ3n) is 4.57. The van der Waals surface area contributed by atoms with Crippen molar-refractivity contribution in [1.82, 2.24) is 15.2 Å². The predicted octanol–water partition coefficient (Wildman–Crippen LogP) is 4.35. The zero-order chi connectivity index (χ0) is 18.1. The molecular formula is C18H19ClN4OS2. The number of thiazole rings is 1. The zero-order valence-electron chi connectivity index (χ0n) is 14.4. The van der Waals surface area contributed by atoms with Gasteiger partial charge in [-0.25, -0.2) is 9.78 Å². The van der Waals surface area contributed by atoms with Crippen LogP contribution in [-0.4, -0.2) is 42.1 Å². The molecule has 4 rings (SSSR count). The summed E-state index contributed by atoms with van der Waals surface area (Å²) < 4.78 is 1.15. The first-order chi connectivity index (χ1) is 12.6. The Morgan fingerprint density at radius 3 is 2.81 bits per heavy atom. The summed E-state index contributed by atoms with van der Waals surface area (Å²) in [5, 5.41) is 6.77. The average molecular weight is 407 g/mol. The molecule has 5 nitrogen and oxygen atoms in total. The number of hydrogen-bond acceptors (Lipinski definition) is 5. The van der Waals surface area contributed by atoms with Crippen molar-refractivity contribution in [3.8, 4) is 0 Å². The summed E-state index contributed by atoms with van der Waals surface area (Å²) in [5.41, 5.74) is 2.01. The number of hydrogen-bond donors (Lipinski definition) is 1. The number of benzene rings is 1. The highest BCUT2D eigenvalue weighted by Crippen LogP contribution is 2.33. The van der Waals surface area contributed by atoms with Crippen LogP contribution >= 0.6 is 34.3 Å². The molecule has 0 bridgehead atoms. The number of aryl methyl sites for hydroxylation is 1. The molecule has 3 heterocycles. The second kappa shape index (κ2) is 7.42. The van der Waals surface area contributed by atoms with Crippen LogP contribution in [0.1, 0.15) is 10.4 Å². The Labute approximate surface area is 165 Å². The number of halogens is 1. The number of amides is 2. The lowest BCUT2D eigenvalue weighted by atomic mass is 10.2. The minimum Gasteiger partial charge on any atom is -0.345 e. The van der Waals surface area contributed by atoms with Crippen LogP contribution in [0.3, 0.4) is 0 Å². The van der Waals surface area contributed by atoms with Gasteiger partial charge in [0.1, 0.15) is 0 Å². The van der Waals surface area contributed by atoms with Crippen LogP contribution in [0.5, 0.6) is 0 Å². The van der Waals surface area contributed by atoms with Crippen molar-refractivity contribution in [3.63, 3.8) is 0 Å². The third-order valence-corrected chi connectivity index (χ3v) is 6.94. The summed E-state index contributed by atoms with van der Waals surface area (Å²) in [6.07, 6.45) is 0. The number of nitrogens with one attached hydrogen (secondary N) is 1. The van der Waals surface area contributed by atoms with Gasteiger partial charge >= 0.3 is 6.03 Å². The highest BCUT2D eigenvalue weighted by Gasteiger charge is 2.23. The lowest BCUT2D eigenvalue weighted by Crippen LogP contribution is -2.51. The molecule has 2 aromatic heterocycles. The average Bonchev–Trinajstić information content (AvgIpc) is 3.33. The number of aromatic nitrogens is 1. The van der Waals surface area contributed by atoms with Crippen LogP contribution in [0.15, 0.2) is 29.6 Å². The number of rotatable bonds is 3. The van der Waals surface area contributed by atoms with Crippen LogP contribution in [-0.2, 0) is 6.54 Å². The fraction of sp³-hybridized carbons (Fsp3) is 0.333. The highest BCUT2D eigenvalue weighted by molar-refractivity contribution is 7.22. The molecule has 0 radical (unpaired) electrons. The Bertz CT molecular complexity index is 917. The molecule has 0 spiro atoms. The van der Waals surface area contributed by atoms with Crippen LogP contribution in [0.4, 0.5) is 9.93 Å². The molecule has 1 aliphatic rings. The summed E-state index contributed by atoms with van der Waals surface area (Å²) in [6, 6.07) is 7.99. The van der Waals surface area contributed by atoms with Crippen molar-refractivity contribution in [2.24, 2.45) is 0 Å². The van der Waals surface area contributed by atoms with Crippen LogP contribution in [0.2, 0.25) is 5.02 Å². The molecule has 2 amide bonds. The Kier molecular flexibility index (Phi) is 5.02. The van der Waals surface area contributed by atoms with E-state index in [0.29, 0.717) is 19.6 Å².